The van der Waals surface area contributed by atoms with Gasteiger partial charge < -0.3 is 15.5 Å². The summed E-state index contributed by atoms with van der Waals surface area (Å²) in [6, 6.07) is 0.263. The minimum Gasteiger partial charge on any atom is -0.352 e. The number of piperidine rings is 2. The Bertz CT molecular complexity index is 314. The van der Waals surface area contributed by atoms with Crippen LogP contribution in [0.3, 0.4) is 0 Å². The molecule has 0 spiro atoms. The first-order chi connectivity index (χ1) is 10.2. The number of nitrogens with zero attached hydrogens (tertiary/aromatic N) is 1. The number of rotatable bonds is 6. The molecular weight excluding hydrogens is 262 g/mol. The quantitative estimate of drug-likeness (QED) is 0.789. The fraction of sp³-hybridized carbons (Fsp3) is 0.941. The molecule has 2 N–H and O–H groups in total. The van der Waals surface area contributed by atoms with Crippen LogP contribution in [-0.2, 0) is 4.79 Å². The first-order valence-corrected chi connectivity index (χ1v) is 8.90. The number of carbonyl (C=O) groups excluding carboxylic acids is 1. The Morgan fingerprint density at radius 2 is 1.90 bits per heavy atom. The number of carbonyl (C=O) groups is 1. The Kier molecular flexibility index (Phi) is 6.49. The highest BCUT2D eigenvalue weighted by Gasteiger charge is 2.38. The van der Waals surface area contributed by atoms with Crippen LogP contribution in [-0.4, -0.2) is 49.6 Å². The van der Waals surface area contributed by atoms with Crippen molar-refractivity contribution in [3.63, 3.8) is 0 Å². The largest absolute Gasteiger partial charge is 0.352 e. The zero-order valence-electron chi connectivity index (χ0n) is 13.9. The molecule has 1 atom stereocenters. The van der Waals surface area contributed by atoms with Crippen LogP contribution in [0.15, 0.2) is 0 Å². The number of hydrogen-bond acceptors (Lipinski definition) is 3. The van der Waals surface area contributed by atoms with Crippen LogP contribution in [0.25, 0.3) is 0 Å². The van der Waals surface area contributed by atoms with E-state index < -0.39 is 0 Å². The Labute approximate surface area is 130 Å². The third kappa shape index (κ3) is 4.68. The maximum atomic E-state index is 12.8. The van der Waals surface area contributed by atoms with E-state index in [9.17, 15) is 4.79 Å². The van der Waals surface area contributed by atoms with Crippen molar-refractivity contribution in [1.82, 2.24) is 15.5 Å². The van der Waals surface area contributed by atoms with E-state index in [1.807, 2.05) is 0 Å². The van der Waals surface area contributed by atoms with Gasteiger partial charge in [-0.25, -0.2) is 0 Å². The molecule has 122 valence electrons. The summed E-state index contributed by atoms with van der Waals surface area (Å²) in [4.78, 5) is 15.3. The van der Waals surface area contributed by atoms with Gasteiger partial charge in [0.1, 0.15) is 0 Å². The van der Waals surface area contributed by atoms with Gasteiger partial charge in [0.2, 0.25) is 5.91 Å². The Morgan fingerprint density at radius 1 is 1.24 bits per heavy atom. The predicted molar refractivity (Wildman–Crippen MR) is 87.3 cm³/mol. The van der Waals surface area contributed by atoms with Gasteiger partial charge in [0.15, 0.2) is 0 Å². The molecule has 4 nitrogen and oxygen atoms in total. The maximum absolute atomic E-state index is 12.8. The van der Waals surface area contributed by atoms with Gasteiger partial charge in [0, 0.05) is 12.6 Å². The molecule has 0 aromatic heterocycles. The summed E-state index contributed by atoms with van der Waals surface area (Å²) >= 11 is 0. The number of likely N-dealkylation sites (tertiary alicyclic amines) is 1. The average molecular weight is 295 g/mol. The van der Waals surface area contributed by atoms with Gasteiger partial charge in [-0.2, -0.15) is 0 Å². The summed E-state index contributed by atoms with van der Waals surface area (Å²) in [6.45, 7) is 9.71. The molecule has 1 unspecified atom stereocenters. The third-order valence-electron chi connectivity index (χ3n) is 5.13. The second-order valence-corrected chi connectivity index (χ2v) is 7.02. The summed E-state index contributed by atoms with van der Waals surface area (Å²) in [7, 11) is 0. The highest BCUT2D eigenvalue weighted by molar-refractivity contribution is 5.83. The Balaban J connectivity index is 1.85. The third-order valence-corrected chi connectivity index (χ3v) is 5.13. The van der Waals surface area contributed by atoms with Crippen LogP contribution in [0.5, 0.6) is 0 Å². The van der Waals surface area contributed by atoms with Gasteiger partial charge in [-0.1, -0.05) is 19.8 Å². The van der Waals surface area contributed by atoms with Crippen molar-refractivity contribution in [2.24, 2.45) is 5.41 Å². The van der Waals surface area contributed by atoms with Crippen molar-refractivity contribution in [3.8, 4) is 0 Å². The molecule has 0 aromatic rings. The van der Waals surface area contributed by atoms with Crippen molar-refractivity contribution in [2.45, 2.75) is 64.8 Å². The van der Waals surface area contributed by atoms with Crippen LogP contribution >= 0.6 is 0 Å². The first-order valence-electron chi connectivity index (χ1n) is 8.90. The van der Waals surface area contributed by atoms with Gasteiger partial charge in [0.05, 0.1) is 5.41 Å². The minimum absolute atomic E-state index is 0.115. The van der Waals surface area contributed by atoms with Crippen molar-refractivity contribution >= 4 is 5.91 Å². The summed E-state index contributed by atoms with van der Waals surface area (Å²) in [5.41, 5.74) is -0.115. The molecule has 0 radical (unpaired) electrons. The van der Waals surface area contributed by atoms with E-state index in [2.05, 4.69) is 29.4 Å². The molecule has 2 rings (SSSR count). The molecule has 2 fully saturated rings. The zero-order chi connectivity index (χ0) is 15.1. The molecule has 1 amide bonds. The standard InChI is InChI=1S/C17H33N3O/c1-3-7-17(8-10-18-11-9-17)16(21)19-15(2)14-20-12-5-4-6-13-20/h15,18H,3-14H2,1-2H3,(H,19,21). The predicted octanol–water partition coefficient (Wildman–Crippen LogP) is 2.15. The second-order valence-electron chi connectivity index (χ2n) is 7.02. The lowest BCUT2D eigenvalue weighted by Crippen LogP contribution is -2.52. The van der Waals surface area contributed by atoms with Gasteiger partial charge in [-0.05, 0) is 65.2 Å². The molecule has 2 aliphatic heterocycles. The van der Waals surface area contributed by atoms with Crippen LogP contribution in [0, 0.1) is 5.41 Å². The fourth-order valence-corrected chi connectivity index (χ4v) is 3.93. The van der Waals surface area contributed by atoms with E-state index in [0.717, 1.165) is 45.3 Å². The fourth-order valence-electron chi connectivity index (χ4n) is 3.93. The lowest BCUT2D eigenvalue weighted by Gasteiger charge is -2.38. The number of amides is 1. The van der Waals surface area contributed by atoms with Crippen molar-refractivity contribution in [3.05, 3.63) is 0 Å². The molecule has 4 heteroatoms. The summed E-state index contributed by atoms with van der Waals surface area (Å²) in [5, 5.41) is 6.70. The molecule has 0 aromatic carbocycles. The lowest BCUT2D eigenvalue weighted by molar-refractivity contribution is -0.134. The van der Waals surface area contributed by atoms with Crippen LogP contribution in [0.1, 0.15) is 58.8 Å². The second kappa shape index (κ2) is 8.14. The van der Waals surface area contributed by atoms with Crippen molar-refractivity contribution in [2.75, 3.05) is 32.7 Å². The summed E-state index contributed by atoms with van der Waals surface area (Å²) in [6.07, 6.45) is 8.08. The van der Waals surface area contributed by atoms with Crippen LogP contribution in [0.2, 0.25) is 0 Å². The van der Waals surface area contributed by atoms with E-state index in [1.54, 1.807) is 0 Å². The van der Waals surface area contributed by atoms with Gasteiger partial charge >= 0.3 is 0 Å². The molecule has 2 heterocycles. The number of nitrogens with one attached hydrogen (secondary N) is 2. The zero-order valence-corrected chi connectivity index (χ0v) is 13.9. The van der Waals surface area contributed by atoms with E-state index in [-0.39, 0.29) is 11.5 Å². The highest BCUT2D eigenvalue weighted by atomic mass is 16.2. The van der Waals surface area contributed by atoms with Crippen molar-refractivity contribution < 1.29 is 4.79 Å². The van der Waals surface area contributed by atoms with E-state index >= 15 is 0 Å². The Hall–Kier alpha value is -0.610. The van der Waals surface area contributed by atoms with E-state index in [0.29, 0.717) is 5.91 Å². The number of hydrogen-bond donors (Lipinski definition) is 2. The van der Waals surface area contributed by atoms with Gasteiger partial charge in [-0.3, -0.25) is 4.79 Å². The molecule has 2 aliphatic rings. The average Bonchev–Trinajstić information content (AvgIpc) is 2.49. The molecular formula is C17H33N3O. The topological polar surface area (TPSA) is 44.4 Å². The SMILES string of the molecule is CCCC1(C(=O)NC(C)CN2CCCCC2)CCNCC1. The molecule has 0 bridgehead atoms. The monoisotopic (exact) mass is 295 g/mol. The van der Waals surface area contributed by atoms with Gasteiger partial charge in [-0.15, -0.1) is 0 Å². The summed E-state index contributed by atoms with van der Waals surface area (Å²) in [5.74, 6) is 0.301. The molecule has 21 heavy (non-hydrogen) atoms. The lowest BCUT2D eigenvalue weighted by atomic mass is 9.74. The van der Waals surface area contributed by atoms with E-state index in [4.69, 9.17) is 0 Å². The molecule has 2 saturated heterocycles. The molecule has 0 aliphatic carbocycles. The summed E-state index contributed by atoms with van der Waals surface area (Å²) < 4.78 is 0. The maximum Gasteiger partial charge on any atom is 0.226 e. The highest BCUT2D eigenvalue weighted by Crippen LogP contribution is 2.34. The van der Waals surface area contributed by atoms with Crippen LogP contribution < -0.4 is 10.6 Å². The Morgan fingerprint density at radius 3 is 2.52 bits per heavy atom. The van der Waals surface area contributed by atoms with Crippen molar-refractivity contribution in [1.29, 1.82) is 0 Å². The van der Waals surface area contributed by atoms with Gasteiger partial charge in [0.25, 0.3) is 0 Å². The normalized spacial score (nSPS) is 24.5. The smallest absolute Gasteiger partial charge is 0.226 e. The first kappa shape index (κ1) is 16.8. The van der Waals surface area contributed by atoms with E-state index in [1.165, 1.54) is 32.4 Å². The minimum atomic E-state index is -0.115. The molecule has 0 saturated carbocycles. The van der Waals surface area contributed by atoms with Crippen LogP contribution in [0.4, 0.5) is 0 Å².